The standard InChI is InChI=1S/C12H20N2OS2/c1-8(7-16-3)14(2)12-13-11(9-4-5-9)10(6-15)17-12/h8-9,15H,4-7H2,1-3H3. The van der Waals surface area contributed by atoms with E-state index in [1.54, 1.807) is 11.3 Å². The van der Waals surface area contributed by atoms with Crippen LogP contribution in [0.5, 0.6) is 0 Å². The van der Waals surface area contributed by atoms with Gasteiger partial charge in [0, 0.05) is 24.8 Å². The molecule has 0 aromatic carbocycles. The van der Waals surface area contributed by atoms with Gasteiger partial charge in [0.15, 0.2) is 5.13 Å². The molecule has 17 heavy (non-hydrogen) atoms. The minimum Gasteiger partial charge on any atom is -0.391 e. The molecule has 1 atom stereocenters. The topological polar surface area (TPSA) is 36.4 Å². The highest BCUT2D eigenvalue weighted by Gasteiger charge is 2.30. The van der Waals surface area contributed by atoms with Crippen molar-refractivity contribution in [2.24, 2.45) is 0 Å². The Morgan fingerprint density at radius 1 is 1.59 bits per heavy atom. The predicted molar refractivity (Wildman–Crippen MR) is 76.3 cm³/mol. The quantitative estimate of drug-likeness (QED) is 0.864. The molecule has 0 amide bonds. The van der Waals surface area contributed by atoms with E-state index >= 15 is 0 Å². The minimum atomic E-state index is 0.133. The average Bonchev–Trinajstić information content (AvgIpc) is 3.08. The van der Waals surface area contributed by atoms with E-state index < -0.39 is 0 Å². The molecule has 2 rings (SSSR count). The van der Waals surface area contributed by atoms with Crippen LogP contribution in [-0.2, 0) is 6.61 Å². The van der Waals surface area contributed by atoms with Crippen molar-refractivity contribution in [1.29, 1.82) is 0 Å². The molecule has 1 saturated carbocycles. The number of nitrogens with zero attached hydrogens (tertiary/aromatic N) is 2. The Morgan fingerprint density at radius 3 is 2.82 bits per heavy atom. The predicted octanol–water partition coefficient (Wildman–Crippen LogP) is 2.70. The highest BCUT2D eigenvalue weighted by molar-refractivity contribution is 7.98. The maximum Gasteiger partial charge on any atom is 0.185 e. The lowest BCUT2D eigenvalue weighted by Crippen LogP contribution is -2.30. The minimum absolute atomic E-state index is 0.133. The van der Waals surface area contributed by atoms with Crippen LogP contribution in [0.25, 0.3) is 0 Å². The van der Waals surface area contributed by atoms with Crippen molar-refractivity contribution < 1.29 is 5.11 Å². The molecular weight excluding hydrogens is 252 g/mol. The lowest BCUT2D eigenvalue weighted by Gasteiger charge is -2.23. The maximum absolute atomic E-state index is 9.38. The summed E-state index contributed by atoms with van der Waals surface area (Å²) in [6.45, 7) is 2.35. The number of aliphatic hydroxyl groups is 1. The van der Waals surface area contributed by atoms with Crippen molar-refractivity contribution in [3.8, 4) is 0 Å². The van der Waals surface area contributed by atoms with Crippen LogP contribution in [0.1, 0.15) is 36.3 Å². The monoisotopic (exact) mass is 272 g/mol. The van der Waals surface area contributed by atoms with Crippen LogP contribution in [-0.4, -0.2) is 35.2 Å². The summed E-state index contributed by atoms with van der Waals surface area (Å²) < 4.78 is 0. The molecule has 1 heterocycles. The molecule has 5 heteroatoms. The first-order valence-electron chi connectivity index (χ1n) is 5.99. The van der Waals surface area contributed by atoms with Gasteiger partial charge in [0.2, 0.25) is 0 Å². The number of aromatic nitrogens is 1. The normalized spacial score (nSPS) is 17.2. The number of hydrogen-bond acceptors (Lipinski definition) is 5. The molecule has 1 N–H and O–H groups in total. The van der Waals surface area contributed by atoms with E-state index in [9.17, 15) is 5.11 Å². The molecule has 96 valence electrons. The van der Waals surface area contributed by atoms with Crippen molar-refractivity contribution in [2.45, 2.75) is 38.3 Å². The van der Waals surface area contributed by atoms with Crippen molar-refractivity contribution in [3.05, 3.63) is 10.6 Å². The summed E-state index contributed by atoms with van der Waals surface area (Å²) in [5.74, 6) is 1.72. The molecule has 1 aromatic heterocycles. The number of rotatable bonds is 6. The number of thiazole rings is 1. The highest BCUT2D eigenvalue weighted by atomic mass is 32.2. The number of aliphatic hydroxyl groups excluding tert-OH is 1. The van der Waals surface area contributed by atoms with Crippen LogP contribution < -0.4 is 4.90 Å². The van der Waals surface area contributed by atoms with Gasteiger partial charge in [-0.05, 0) is 26.0 Å². The van der Waals surface area contributed by atoms with Crippen molar-refractivity contribution in [2.75, 3.05) is 24.0 Å². The summed E-state index contributed by atoms with van der Waals surface area (Å²) >= 11 is 3.50. The number of thioether (sulfide) groups is 1. The largest absolute Gasteiger partial charge is 0.391 e. The maximum atomic E-state index is 9.38. The number of anilines is 1. The van der Waals surface area contributed by atoms with Gasteiger partial charge in [0.25, 0.3) is 0 Å². The van der Waals surface area contributed by atoms with Gasteiger partial charge in [0.05, 0.1) is 17.2 Å². The van der Waals surface area contributed by atoms with E-state index in [0.717, 1.165) is 21.5 Å². The van der Waals surface area contributed by atoms with Crippen molar-refractivity contribution in [3.63, 3.8) is 0 Å². The third-order valence-corrected chi connectivity index (χ3v) is 5.16. The molecule has 1 unspecified atom stereocenters. The molecule has 1 aromatic rings. The van der Waals surface area contributed by atoms with Gasteiger partial charge < -0.3 is 10.0 Å². The summed E-state index contributed by atoms with van der Waals surface area (Å²) in [6, 6.07) is 0.481. The third kappa shape index (κ3) is 2.95. The molecular formula is C12H20N2OS2. The van der Waals surface area contributed by atoms with E-state index in [1.807, 2.05) is 11.8 Å². The van der Waals surface area contributed by atoms with Gasteiger partial charge in [-0.15, -0.1) is 0 Å². The summed E-state index contributed by atoms with van der Waals surface area (Å²) in [5.41, 5.74) is 1.15. The van der Waals surface area contributed by atoms with Gasteiger partial charge in [-0.3, -0.25) is 0 Å². The van der Waals surface area contributed by atoms with Crippen LogP contribution in [0.4, 0.5) is 5.13 Å². The molecule has 1 aliphatic rings. The van der Waals surface area contributed by atoms with E-state index in [0.29, 0.717) is 12.0 Å². The Bertz CT molecular complexity index is 377. The molecule has 3 nitrogen and oxygen atoms in total. The van der Waals surface area contributed by atoms with Gasteiger partial charge in [-0.25, -0.2) is 4.98 Å². The van der Waals surface area contributed by atoms with Crippen LogP contribution in [0.2, 0.25) is 0 Å². The molecule has 1 fully saturated rings. The van der Waals surface area contributed by atoms with Gasteiger partial charge in [0.1, 0.15) is 0 Å². The second-order valence-corrected chi connectivity index (χ2v) is 6.63. The van der Waals surface area contributed by atoms with E-state index in [4.69, 9.17) is 4.98 Å². The fourth-order valence-corrected chi connectivity index (χ4v) is 3.61. The first-order chi connectivity index (χ1) is 8.17. The van der Waals surface area contributed by atoms with Gasteiger partial charge in [-0.2, -0.15) is 11.8 Å². The van der Waals surface area contributed by atoms with Crippen molar-refractivity contribution in [1.82, 2.24) is 4.98 Å². The lowest BCUT2D eigenvalue weighted by atomic mass is 10.2. The smallest absolute Gasteiger partial charge is 0.185 e. The lowest BCUT2D eigenvalue weighted by molar-refractivity contribution is 0.284. The highest BCUT2D eigenvalue weighted by Crippen LogP contribution is 2.44. The molecule has 0 aliphatic heterocycles. The number of hydrogen-bond donors (Lipinski definition) is 1. The fraction of sp³-hybridized carbons (Fsp3) is 0.750. The van der Waals surface area contributed by atoms with Crippen LogP contribution in [0.3, 0.4) is 0 Å². The first-order valence-corrected chi connectivity index (χ1v) is 8.20. The Hall–Kier alpha value is -0.260. The summed E-state index contributed by atoms with van der Waals surface area (Å²) in [5, 5.41) is 10.4. The first kappa shape index (κ1) is 13.2. The molecule has 1 aliphatic carbocycles. The average molecular weight is 272 g/mol. The molecule has 0 saturated heterocycles. The summed E-state index contributed by atoms with van der Waals surface area (Å²) in [4.78, 5) is 8.01. The zero-order valence-corrected chi connectivity index (χ0v) is 12.3. The fourth-order valence-electron chi connectivity index (χ4n) is 1.83. The van der Waals surface area contributed by atoms with Gasteiger partial charge in [-0.1, -0.05) is 11.3 Å². The zero-order valence-electron chi connectivity index (χ0n) is 10.6. The van der Waals surface area contributed by atoms with Crippen molar-refractivity contribution >= 4 is 28.2 Å². The van der Waals surface area contributed by atoms with E-state index in [2.05, 4.69) is 25.1 Å². The van der Waals surface area contributed by atoms with Crippen LogP contribution in [0.15, 0.2) is 0 Å². The third-order valence-electron chi connectivity index (χ3n) is 3.19. The SMILES string of the molecule is CSCC(C)N(C)c1nc(C2CC2)c(CO)s1. The zero-order chi connectivity index (χ0) is 12.4. The summed E-state index contributed by atoms with van der Waals surface area (Å²) in [6.07, 6.45) is 4.60. The molecule has 0 spiro atoms. The van der Waals surface area contributed by atoms with E-state index in [-0.39, 0.29) is 6.61 Å². The molecule has 0 bridgehead atoms. The Labute approximate surface area is 111 Å². The Kier molecular flexibility index (Phi) is 4.33. The molecule has 0 radical (unpaired) electrons. The second-order valence-electron chi connectivity index (χ2n) is 4.65. The second kappa shape index (κ2) is 5.59. The van der Waals surface area contributed by atoms with Crippen LogP contribution >= 0.6 is 23.1 Å². The van der Waals surface area contributed by atoms with Crippen LogP contribution in [0, 0.1) is 0 Å². The Balaban J connectivity index is 2.14. The summed E-state index contributed by atoms with van der Waals surface area (Å²) in [7, 11) is 2.09. The van der Waals surface area contributed by atoms with E-state index in [1.165, 1.54) is 12.8 Å². The van der Waals surface area contributed by atoms with Gasteiger partial charge >= 0.3 is 0 Å². The Morgan fingerprint density at radius 2 is 2.29 bits per heavy atom.